The third-order valence-electron chi connectivity index (χ3n) is 1.47. The molecule has 0 radical (unpaired) electrons. The third-order valence-corrected chi connectivity index (χ3v) is 2.07. The molecule has 0 bridgehead atoms. The standard InChI is InChI=1S/C7H11N3O2S/c8-13(11,12)10-6-3-7-1-4-9-5-2-7/h1-2,4-5,10H,3,6H2,(H2,8,11,12). The van der Waals surface area contributed by atoms with Gasteiger partial charge in [-0.15, -0.1) is 0 Å². The van der Waals surface area contributed by atoms with E-state index in [-0.39, 0.29) is 0 Å². The summed E-state index contributed by atoms with van der Waals surface area (Å²) in [6, 6.07) is 3.65. The van der Waals surface area contributed by atoms with Crippen molar-refractivity contribution in [2.45, 2.75) is 6.42 Å². The first kappa shape index (κ1) is 10.1. The van der Waals surface area contributed by atoms with Crippen LogP contribution >= 0.6 is 0 Å². The molecule has 0 unspecified atom stereocenters. The van der Waals surface area contributed by atoms with Crippen LogP contribution in [0.1, 0.15) is 5.56 Å². The lowest BCUT2D eigenvalue weighted by Crippen LogP contribution is -2.32. The number of nitrogens with two attached hydrogens (primary N) is 1. The Bertz CT molecular complexity index is 349. The largest absolute Gasteiger partial charge is 0.274 e. The summed E-state index contributed by atoms with van der Waals surface area (Å²) < 4.78 is 23.2. The summed E-state index contributed by atoms with van der Waals surface area (Å²) in [5.74, 6) is 0. The fourth-order valence-electron chi connectivity index (χ4n) is 0.887. The number of nitrogens with one attached hydrogen (secondary N) is 1. The van der Waals surface area contributed by atoms with E-state index in [9.17, 15) is 8.42 Å². The molecule has 0 aliphatic carbocycles. The summed E-state index contributed by atoms with van der Waals surface area (Å²) in [4.78, 5) is 3.84. The van der Waals surface area contributed by atoms with Gasteiger partial charge < -0.3 is 0 Å². The molecule has 0 saturated carbocycles. The molecule has 0 saturated heterocycles. The van der Waals surface area contributed by atoms with Crippen molar-refractivity contribution in [3.63, 3.8) is 0 Å². The second-order valence-electron chi connectivity index (χ2n) is 2.54. The van der Waals surface area contributed by atoms with Gasteiger partial charge >= 0.3 is 0 Å². The van der Waals surface area contributed by atoms with Crippen LogP contribution in [0.4, 0.5) is 0 Å². The topological polar surface area (TPSA) is 85.1 Å². The van der Waals surface area contributed by atoms with Gasteiger partial charge in [0.05, 0.1) is 0 Å². The highest BCUT2D eigenvalue weighted by atomic mass is 32.2. The first-order chi connectivity index (χ1) is 6.08. The van der Waals surface area contributed by atoms with E-state index in [0.717, 1.165) is 5.56 Å². The SMILES string of the molecule is NS(=O)(=O)NCCc1ccncc1. The predicted molar refractivity (Wildman–Crippen MR) is 49.1 cm³/mol. The lowest BCUT2D eigenvalue weighted by molar-refractivity contribution is 0.583. The number of nitrogens with zero attached hydrogens (tertiary/aromatic N) is 1. The molecule has 5 nitrogen and oxygen atoms in total. The van der Waals surface area contributed by atoms with Gasteiger partial charge in [0, 0.05) is 18.9 Å². The Balaban J connectivity index is 2.37. The van der Waals surface area contributed by atoms with Crippen LogP contribution in [0.15, 0.2) is 24.5 Å². The van der Waals surface area contributed by atoms with Gasteiger partial charge in [-0.2, -0.15) is 8.42 Å². The second kappa shape index (κ2) is 4.31. The Hall–Kier alpha value is -0.980. The lowest BCUT2D eigenvalue weighted by Gasteiger charge is -2.01. The molecular formula is C7H11N3O2S. The maximum Gasteiger partial charge on any atom is 0.274 e. The Morgan fingerprint density at radius 3 is 2.54 bits per heavy atom. The molecule has 0 aliphatic rings. The van der Waals surface area contributed by atoms with Gasteiger partial charge in [-0.3, -0.25) is 4.98 Å². The number of aromatic nitrogens is 1. The molecule has 0 aromatic carbocycles. The molecule has 1 aromatic rings. The van der Waals surface area contributed by atoms with Crippen molar-refractivity contribution >= 4 is 10.2 Å². The average Bonchev–Trinajstić information content (AvgIpc) is 2.04. The van der Waals surface area contributed by atoms with Crippen LogP contribution in [0.5, 0.6) is 0 Å². The number of hydrogen-bond donors (Lipinski definition) is 2. The van der Waals surface area contributed by atoms with E-state index in [2.05, 4.69) is 9.71 Å². The van der Waals surface area contributed by atoms with E-state index < -0.39 is 10.2 Å². The smallest absolute Gasteiger partial charge is 0.265 e. The van der Waals surface area contributed by atoms with E-state index >= 15 is 0 Å². The van der Waals surface area contributed by atoms with E-state index in [1.54, 1.807) is 12.4 Å². The predicted octanol–water partition coefficient (Wildman–Crippen LogP) is -0.583. The molecular weight excluding hydrogens is 190 g/mol. The molecule has 1 rings (SSSR count). The molecule has 0 atom stereocenters. The number of hydrogen-bond acceptors (Lipinski definition) is 3. The Morgan fingerprint density at radius 2 is 2.00 bits per heavy atom. The highest BCUT2D eigenvalue weighted by Gasteiger charge is 1.99. The van der Waals surface area contributed by atoms with Crippen molar-refractivity contribution in [1.29, 1.82) is 0 Å². The Labute approximate surface area is 77.2 Å². The van der Waals surface area contributed by atoms with Gasteiger partial charge in [0.25, 0.3) is 10.2 Å². The van der Waals surface area contributed by atoms with E-state index in [4.69, 9.17) is 5.14 Å². The van der Waals surface area contributed by atoms with E-state index in [0.29, 0.717) is 13.0 Å². The van der Waals surface area contributed by atoms with Crippen molar-refractivity contribution in [3.8, 4) is 0 Å². The van der Waals surface area contributed by atoms with Crippen LogP contribution in [0.2, 0.25) is 0 Å². The Kier molecular flexibility index (Phi) is 3.35. The van der Waals surface area contributed by atoms with Gasteiger partial charge in [-0.25, -0.2) is 9.86 Å². The monoisotopic (exact) mass is 201 g/mol. The Morgan fingerprint density at radius 1 is 1.38 bits per heavy atom. The van der Waals surface area contributed by atoms with Crippen molar-refractivity contribution in [2.75, 3.05) is 6.54 Å². The molecule has 0 fully saturated rings. The molecule has 6 heteroatoms. The van der Waals surface area contributed by atoms with Crippen LogP contribution in [-0.2, 0) is 16.6 Å². The summed E-state index contributed by atoms with van der Waals surface area (Å²) in [5, 5.41) is 4.75. The van der Waals surface area contributed by atoms with Crippen LogP contribution < -0.4 is 9.86 Å². The molecule has 1 heterocycles. The van der Waals surface area contributed by atoms with Crippen LogP contribution in [0.25, 0.3) is 0 Å². The summed E-state index contributed by atoms with van der Waals surface area (Å²) >= 11 is 0. The zero-order valence-electron chi connectivity index (χ0n) is 6.97. The fourth-order valence-corrected chi connectivity index (χ4v) is 1.27. The minimum absolute atomic E-state index is 0.308. The van der Waals surface area contributed by atoms with Gasteiger partial charge in [-0.1, -0.05) is 0 Å². The third kappa shape index (κ3) is 4.56. The van der Waals surface area contributed by atoms with E-state index in [1.165, 1.54) is 0 Å². The summed E-state index contributed by atoms with van der Waals surface area (Å²) in [6.45, 7) is 0.308. The zero-order chi connectivity index (χ0) is 9.73. The quantitative estimate of drug-likeness (QED) is 0.683. The molecule has 0 amide bonds. The summed E-state index contributed by atoms with van der Waals surface area (Å²) in [5.41, 5.74) is 1.02. The highest BCUT2D eigenvalue weighted by molar-refractivity contribution is 7.87. The molecule has 0 spiro atoms. The molecule has 3 N–H and O–H groups in total. The summed E-state index contributed by atoms with van der Waals surface area (Å²) in [6.07, 6.45) is 3.93. The van der Waals surface area contributed by atoms with E-state index in [1.807, 2.05) is 12.1 Å². The van der Waals surface area contributed by atoms with Crippen LogP contribution in [0, 0.1) is 0 Å². The molecule has 72 valence electrons. The highest BCUT2D eigenvalue weighted by Crippen LogP contribution is 1.95. The van der Waals surface area contributed by atoms with Gasteiger partial charge in [0.1, 0.15) is 0 Å². The molecule has 0 aliphatic heterocycles. The van der Waals surface area contributed by atoms with Gasteiger partial charge in [0.15, 0.2) is 0 Å². The summed E-state index contributed by atoms with van der Waals surface area (Å²) in [7, 11) is -3.56. The molecule has 1 aromatic heterocycles. The maximum atomic E-state index is 10.5. The minimum atomic E-state index is -3.56. The zero-order valence-corrected chi connectivity index (χ0v) is 7.79. The maximum absolute atomic E-state index is 10.5. The van der Waals surface area contributed by atoms with Gasteiger partial charge in [-0.05, 0) is 24.1 Å². The normalized spacial score (nSPS) is 11.5. The van der Waals surface area contributed by atoms with Crippen molar-refractivity contribution < 1.29 is 8.42 Å². The minimum Gasteiger partial charge on any atom is -0.265 e. The fraction of sp³-hybridized carbons (Fsp3) is 0.286. The first-order valence-corrected chi connectivity index (χ1v) is 5.29. The van der Waals surface area contributed by atoms with Crippen molar-refractivity contribution in [2.24, 2.45) is 5.14 Å². The first-order valence-electron chi connectivity index (χ1n) is 3.74. The van der Waals surface area contributed by atoms with Crippen molar-refractivity contribution in [1.82, 2.24) is 9.71 Å². The number of pyridine rings is 1. The van der Waals surface area contributed by atoms with Crippen LogP contribution in [-0.4, -0.2) is 19.9 Å². The van der Waals surface area contributed by atoms with Crippen LogP contribution in [0.3, 0.4) is 0 Å². The lowest BCUT2D eigenvalue weighted by atomic mass is 10.2. The van der Waals surface area contributed by atoms with Gasteiger partial charge in [0.2, 0.25) is 0 Å². The van der Waals surface area contributed by atoms with Crippen molar-refractivity contribution in [3.05, 3.63) is 30.1 Å². The average molecular weight is 201 g/mol. The second-order valence-corrected chi connectivity index (χ2v) is 3.92. The molecule has 13 heavy (non-hydrogen) atoms. The number of rotatable bonds is 4.